The van der Waals surface area contributed by atoms with Crippen molar-refractivity contribution < 1.29 is 18.0 Å². The molecule has 1 saturated carbocycles. The van der Waals surface area contributed by atoms with Gasteiger partial charge >= 0.3 is 6.18 Å². The molecule has 1 aliphatic rings. The van der Waals surface area contributed by atoms with E-state index in [1.54, 1.807) is 6.07 Å². The van der Waals surface area contributed by atoms with Crippen molar-refractivity contribution in [1.82, 2.24) is 5.32 Å². The molecule has 0 aliphatic heterocycles. The van der Waals surface area contributed by atoms with Crippen LogP contribution in [0, 0.1) is 5.92 Å². The fourth-order valence-corrected chi connectivity index (χ4v) is 3.06. The van der Waals surface area contributed by atoms with Crippen molar-refractivity contribution in [2.24, 2.45) is 11.7 Å². The van der Waals surface area contributed by atoms with Gasteiger partial charge in [0.2, 0.25) is 5.91 Å². The van der Waals surface area contributed by atoms with Crippen molar-refractivity contribution in [3.63, 3.8) is 0 Å². The molecule has 0 bridgehead atoms. The summed E-state index contributed by atoms with van der Waals surface area (Å²) < 4.78 is 37.9. The Morgan fingerprint density at radius 1 is 1.41 bits per heavy atom. The molecule has 1 atom stereocenters. The number of carbonyl (C=O) groups excluding carboxylic acids is 1. The van der Waals surface area contributed by atoms with Gasteiger partial charge in [-0.05, 0) is 43.9 Å². The molecule has 1 aliphatic carbocycles. The van der Waals surface area contributed by atoms with Crippen LogP contribution in [0.5, 0.6) is 0 Å². The molecule has 1 unspecified atom stereocenters. The first kappa shape index (κ1) is 17.1. The molecule has 3 N–H and O–H groups in total. The second-order valence-electron chi connectivity index (χ2n) is 5.76. The molecule has 0 aromatic heterocycles. The fourth-order valence-electron chi connectivity index (χ4n) is 2.31. The van der Waals surface area contributed by atoms with Gasteiger partial charge in [0.25, 0.3) is 0 Å². The Morgan fingerprint density at radius 3 is 2.64 bits per heavy atom. The quantitative estimate of drug-likeness (QED) is 0.787. The molecule has 22 heavy (non-hydrogen) atoms. The topological polar surface area (TPSA) is 55.1 Å². The fraction of sp³-hybridized carbons (Fsp3) is 0.533. The maximum Gasteiger partial charge on any atom is 0.416 e. The average Bonchev–Trinajstić information content (AvgIpc) is 3.29. The van der Waals surface area contributed by atoms with E-state index in [-0.39, 0.29) is 11.7 Å². The van der Waals surface area contributed by atoms with Crippen molar-refractivity contribution in [3.05, 3.63) is 29.8 Å². The standard InChI is InChI=1S/C15H19F3N2OS/c1-14(9-19,10-5-6-10)20-13(21)8-22-12-4-2-3-11(7-12)15(16,17)18/h2-4,7,10H,5-6,8-9,19H2,1H3,(H,20,21). The third-order valence-electron chi connectivity index (χ3n) is 3.86. The zero-order valence-electron chi connectivity index (χ0n) is 12.2. The van der Waals surface area contributed by atoms with Crippen LogP contribution in [0.15, 0.2) is 29.2 Å². The molecule has 0 radical (unpaired) electrons. The van der Waals surface area contributed by atoms with Gasteiger partial charge in [-0.2, -0.15) is 13.2 Å². The lowest BCUT2D eigenvalue weighted by Crippen LogP contribution is -2.53. The lowest BCUT2D eigenvalue weighted by atomic mass is 9.96. The minimum absolute atomic E-state index is 0.0730. The number of alkyl halides is 3. The molecule has 3 nitrogen and oxygen atoms in total. The summed E-state index contributed by atoms with van der Waals surface area (Å²) in [5.41, 5.74) is 4.61. The summed E-state index contributed by atoms with van der Waals surface area (Å²) in [7, 11) is 0. The van der Waals surface area contributed by atoms with Gasteiger partial charge in [-0.1, -0.05) is 6.07 Å². The van der Waals surface area contributed by atoms with Crippen LogP contribution >= 0.6 is 11.8 Å². The number of hydrogen-bond acceptors (Lipinski definition) is 3. The monoisotopic (exact) mass is 332 g/mol. The number of carbonyl (C=O) groups is 1. The zero-order valence-corrected chi connectivity index (χ0v) is 13.1. The molecule has 1 aromatic carbocycles. The van der Waals surface area contributed by atoms with Crippen molar-refractivity contribution in [2.45, 2.75) is 36.4 Å². The van der Waals surface area contributed by atoms with E-state index in [1.165, 1.54) is 6.07 Å². The highest BCUT2D eigenvalue weighted by Gasteiger charge is 2.41. The molecule has 0 saturated heterocycles. The van der Waals surface area contributed by atoms with Crippen LogP contribution in [0.4, 0.5) is 13.2 Å². The third-order valence-corrected chi connectivity index (χ3v) is 4.85. The van der Waals surface area contributed by atoms with E-state index in [2.05, 4.69) is 5.32 Å². The van der Waals surface area contributed by atoms with E-state index in [0.29, 0.717) is 17.4 Å². The van der Waals surface area contributed by atoms with Gasteiger partial charge in [0, 0.05) is 11.4 Å². The van der Waals surface area contributed by atoms with Gasteiger partial charge in [-0.15, -0.1) is 11.8 Å². The Morgan fingerprint density at radius 2 is 2.09 bits per heavy atom. The van der Waals surface area contributed by atoms with E-state index < -0.39 is 17.3 Å². The molecule has 122 valence electrons. The van der Waals surface area contributed by atoms with E-state index in [4.69, 9.17) is 5.73 Å². The molecule has 1 fully saturated rings. The van der Waals surface area contributed by atoms with Crippen LogP contribution in [-0.2, 0) is 11.0 Å². The lowest BCUT2D eigenvalue weighted by Gasteiger charge is -2.29. The van der Waals surface area contributed by atoms with E-state index in [1.807, 2.05) is 6.92 Å². The smallest absolute Gasteiger partial charge is 0.349 e. The van der Waals surface area contributed by atoms with Crippen molar-refractivity contribution in [2.75, 3.05) is 12.3 Å². The second-order valence-corrected chi connectivity index (χ2v) is 6.81. The maximum atomic E-state index is 12.6. The van der Waals surface area contributed by atoms with Crippen molar-refractivity contribution in [3.8, 4) is 0 Å². The van der Waals surface area contributed by atoms with Gasteiger partial charge in [0.1, 0.15) is 0 Å². The van der Waals surface area contributed by atoms with E-state index >= 15 is 0 Å². The highest BCUT2D eigenvalue weighted by molar-refractivity contribution is 8.00. The normalized spacial score (nSPS) is 17.9. The maximum absolute atomic E-state index is 12.6. The van der Waals surface area contributed by atoms with Gasteiger partial charge in [-0.25, -0.2) is 0 Å². The summed E-state index contributed by atoms with van der Waals surface area (Å²) in [6, 6.07) is 4.98. The first-order valence-electron chi connectivity index (χ1n) is 7.06. The van der Waals surface area contributed by atoms with Crippen LogP contribution in [0.2, 0.25) is 0 Å². The van der Waals surface area contributed by atoms with Crippen LogP contribution in [0.3, 0.4) is 0 Å². The number of nitrogens with two attached hydrogens (primary N) is 1. The number of benzene rings is 1. The molecule has 2 rings (SSSR count). The average molecular weight is 332 g/mol. The first-order valence-corrected chi connectivity index (χ1v) is 8.04. The third kappa shape index (κ3) is 4.39. The summed E-state index contributed by atoms with van der Waals surface area (Å²) in [5, 5.41) is 2.91. The molecular formula is C15H19F3N2OS. The van der Waals surface area contributed by atoms with Crippen LogP contribution in [0.25, 0.3) is 0 Å². The molecule has 0 heterocycles. The molecule has 1 amide bonds. The summed E-state index contributed by atoms with van der Waals surface area (Å²) in [6.45, 7) is 2.27. The van der Waals surface area contributed by atoms with Gasteiger partial charge in [0.05, 0.1) is 16.9 Å². The Labute approximate surface area is 131 Å². The summed E-state index contributed by atoms with van der Waals surface area (Å²) in [6.07, 6.45) is -2.27. The summed E-state index contributed by atoms with van der Waals surface area (Å²) in [5.74, 6) is 0.270. The summed E-state index contributed by atoms with van der Waals surface area (Å²) in [4.78, 5) is 12.4. The Kier molecular flexibility index (Phi) is 5.07. The highest BCUT2D eigenvalue weighted by atomic mass is 32.2. The van der Waals surface area contributed by atoms with E-state index in [0.717, 1.165) is 36.7 Å². The second kappa shape index (κ2) is 6.50. The SMILES string of the molecule is CC(CN)(NC(=O)CSc1cccc(C(F)(F)F)c1)C1CC1. The molecule has 1 aromatic rings. The van der Waals surface area contributed by atoms with Crippen LogP contribution < -0.4 is 11.1 Å². The van der Waals surface area contributed by atoms with Crippen molar-refractivity contribution in [1.29, 1.82) is 0 Å². The Hall–Kier alpha value is -1.21. The van der Waals surface area contributed by atoms with Gasteiger partial charge < -0.3 is 11.1 Å². The number of amides is 1. The number of hydrogen-bond donors (Lipinski definition) is 2. The molecular weight excluding hydrogens is 313 g/mol. The molecule has 0 spiro atoms. The number of rotatable bonds is 6. The largest absolute Gasteiger partial charge is 0.416 e. The summed E-state index contributed by atoms with van der Waals surface area (Å²) >= 11 is 1.09. The zero-order chi connectivity index (χ0) is 16.4. The predicted molar refractivity (Wildman–Crippen MR) is 80.5 cm³/mol. The first-order chi connectivity index (χ1) is 10.2. The van der Waals surface area contributed by atoms with Gasteiger partial charge in [0.15, 0.2) is 0 Å². The highest BCUT2D eigenvalue weighted by Crippen LogP contribution is 2.39. The number of nitrogens with one attached hydrogen (secondary N) is 1. The Balaban J connectivity index is 1.91. The predicted octanol–water partition coefficient (Wildman–Crippen LogP) is 3.04. The van der Waals surface area contributed by atoms with Crippen molar-refractivity contribution >= 4 is 17.7 Å². The number of thioether (sulfide) groups is 1. The Bertz CT molecular complexity index is 546. The number of halogens is 3. The van der Waals surface area contributed by atoms with Gasteiger partial charge in [-0.3, -0.25) is 4.79 Å². The lowest BCUT2D eigenvalue weighted by molar-refractivity contribution is -0.137. The molecule has 7 heteroatoms. The minimum atomic E-state index is -4.37. The van der Waals surface area contributed by atoms with Crippen LogP contribution in [0.1, 0.15) is 25.3 Å². The van der Waals surface area contributed by atoms with Crippen LogP contribution in [-0.4, -0.2) is 23.7 Å². The van der Waals surface area contributed by atoms with E-state index in [9.17, 15) is 18.0 Å². The minimum Gasteiger partial charge on any atom is -0.349 e.